The van der Waals surface area contributed by atoms with Crippen molar-refractivity contribution in [1.29, 1.82) is 0 Å². The Hall–Kier alpha value is -3.81. The Morgan fingerprint density at radius 1 is 1.00 bits per heavy atom. The Kier molecular flexibility index (Phi) is 7.15. The molecule has 1 N–H and O–H groups in total. The van der Waals surface area contributed by atoms with Crippen LogP contribution in [0, 0.1) is 0 Å². The molecule has 4 rings (SSSR count). The molecular weight excluding hydrogens is 434 g/mol. The standard InChI is InChI=1S/C26H29N3O5/c1-33-19-14-18(15-20(17-19)34-2)16-24(30)27-23-7-3-6-22-21(23)9-13-29(26(22)32)12-5-11-28-10-4-8-25(28)31/h3,6-7,9,13-15,17H,4-5,8,10-12,16H2,1-2H3,(H,27,30). The number of carbonyl (C=O) groups excluding carboxylic acids is 2. The molecule has 0 unspecified atom stereocenters. The van der Waals surface area contributed by atoms with E-state index in [-0.39, 0.29) is 23.8 Å². The van der Waals surface area contributed by atoms with Gasteiger partial charge in [0.05, 0.1) is 20.6 Å². The number of nitrogens with one attached hydrogen (secondary N) is 1. The highest BCUT2D eigenvalue weighted by Gasteiger charge is 2.19. The van der Waals surface area contributed by atoms with Gasteiger partial charge in [0, 0.05) is 54.8 Å². The van der Waals surface area contributed by atoms with E-state index >= 15 is 0 Å². The largest absolute Gasteiger partial charge is 0.497 e. The molecule has 0 saturated carbocycles. The topological polar surface area (TPSA) is 89.9 Å². The predicted octanol–water partition coefficient (Wildman–Crippen LogP) is 3.21. The number of anilines is 1. The van der Waals surface area contributed by atoms with Gasteiger partial charge in [0.1, 0.15) is 11.5 Å². The number of fused-ring (bicyclic) bond motifs is 1. The Balaban J connectivity index is 1.47. The van der Waals surface area contributed by atoms with Crippen LogP contribution < -0.4 is 20.3 Å². The highest BCUT2D eigenvalue weighted by atomic mass is 16.5. The van der Waals surface area contributed by atoms with E-state index < -0.39 is 0 Å². The summed E-state index contributed by atoms with van der Waals surface area (Å²) in [5, 5.41) is 4.16. The molecule has 1 aliphatic heterocycles. The number of methoxy groups -OCH3 is 2. The number of benzene rings is 2. The van der Waals surface area contributed by atoms with Gasteiger partial charge in [0.25, 0.3) is 5.56 Å². The maximum absolute atomic E-state index is 13.0. The lowest BCUT2D eigenvalue weighted by Crippen LogP contribution is -2.28. The van der Waals surface area contributed by atoms with Crippen LogP contribution in [0.5, 0.6) is 11.5 Å². The molecule has 0 aliphatic carbocycles. The fourth-order valence-electron chi connectivity index (χ4n) is 4.32. The minimum atomic E-state index is -0.206. The number of amides is 2. The van der Waals surface area contributed by atoms with Gasteiger partial charge in [-0.25, -0.2) is 0 Å². The summed E-state index contributed by atoms with van der Waals surface area (Å²) in [5.74, 6) is 1.21. The van der Waals surface area contributed by atoms with Crippen molar-refractivity contribution in [1.82, 2.24) is 9.47 Å². The van der Waals surface area contributed by atoms with Crippen molar-refractivity contribution in [2.24, 2.45) is 0 Å². The average Bonchev–Trinajstić information content (AvgIpc) is 3.25. The highest BCUT2D eigenvalue weighted by Crippen LogP contribution is 2.24. The molecule has 3 aromatic rings. The Bertz CT molecular complexity index is 1240. The number of pyridine rings is 1. The number of likely N-dealkylation sites (tertiary alicyclic amines) is 1. The first kappa shape index (κ1) is 23.4. The first-order valence-electron chi connectivity index (χ1n) is 11.4. The molecular formula is C26H29N3O5. The maximum atomic E-state index is 13.0. The van der Waals surface area contributed by atoms with Gasteiger partial charge >= 0.3 is 0 Å². The van der Waals surface area contributed by atoms with Crippen LogP contribution in [0.3, 0.4) is 0 Å². The summed E-state index contributed by atoms with van der Waals surface area (Å²) in [7, 11) is 3.13. The summed E-state index contributed by atoms with van der Waals surface area (Å²) in [6.45, 7) is 2.00. The second kappa shape index (κ2) is 10.4. The van der Waals surface area contributed by atoms with E-state index in [1.807, 2.05) is 11.0 Å². The Morgan fingerprint density at radius 3 is 2.44 bits per heavy atom. The first-order chi connectivity index (χ1) is 16.5. The smallest absolute Gasteiger partial charge is 0.258 e. The van der Waals surface area contributed by atoms with Crippen LogP contribution in [0.25, 0.3) is 10.8 Å². The van der Waals surface area contributed by atoms with Gasteiger partial charge in [-0.1, -0.05) is 6.07 Å². The summed E-state index contributed by atoms with van der Waals surface area (Å²) in [5.41, 5.74) is 1.23. The minimum Gasteiger partial charge on any atom is -0.497 e. The van der Waals surface area contributed by atoms with Crippen molar-refractivity contribution >= 4 is 28.3 Å². The summed E-state index contributed by atoms with van der Waals surface area (Å²) < 4.78 is 12.2. The van der Waals surface area contributed by atoms with E-state index in [1.165, 1.54) is 0 Å². The van der Waals surface area contributed by atoms with Gasteiger partial charge in [0.15, 0.2) is 0 Å². The molecule has 0 atom stereocenters. The monoisotopic (exact) mass is 463 g/mol. The van der Waals surface area contributed by atoms with Crippen LogP contribution in [0.1, 0.15) is 24.8 Å². The van der Waals surface area contributed by atoms with Gasteiger partial charge in [-0.05, 0) is 48.7 Å². The number of carbonyl (C=O) groups is 2. The van der Waals surface area contributed by atoms with Gasteiger partial charge in [-0.2, -0.15) is 0 Å². The van der Waals surface area contributed by atoms with Crippen LogP contribution in [-0.4, -0.2) is 48.6 Å². The summed E-state index contributed by atoms with van der Waals surface area (Å²) in [6.07, 6.45) is 4.14. The predicted molar refractivity (Wildman–Crippen MR) is 131 cm³/mol. The van der Waals surface area contributed by atoms with E-state index in [2.05, 4.69) is 5.32 Å². The quantitative estimate of drug-likeness (QED) is 0.526. The zero-order valence-corrected chi connectivity index (χ0v) is 19.5. The molecule has 1 aromatic heterocycles. The number of hydrogen-bond acceptors (Lipinski definition) is 5. The molecule has 2 amide bonds. The third-order valence-electron chi connectivity index (χ3n) is 6.07. The van der Waals surface area contributed by atoms with E-state index in [0.29, 0.717) is 47.5 Å². The fourth-order valence-corrected chi connectivity index (χ4v) is 4.32. The van der Waals surface area contributed by atoms with E-state index in [4.69, 9.17) is 9.47 Å². The number of aromatic nitrogens is 1. The van der Waals surface area contributed by atoms with E-state index in [0.717, 1.165) is 24.9 Å². The second-order valence-corrected chi connectivity index (χ2v) is 8.36. The van der Waals surface area contributed by atoms with Gasteiger partial charge < -0.3 is 24.3 Å². The lowest BCUT2D eigenvalue weighted by molar-refractivity contribution is -0.127. The lowest BCUT2D eigenvalue weighted by atomic mass is 10.1. The summed E-state index contributed by atoms with van der Waals surface area (Å²) >= 11 is 0. The highest BCUT2D eigenvalue weighted by molar-refractivity contribution is 6.02. The molecule has 2 aromatic carbocycles. The summed E-state index contributed by atoms with van der Waals surface area (Å²) in [4.78, 5) is 39.4. The molecule has 178 valence electrons. The maximum Gasteiger partial charge on any atom is 0.258 e. The van der Waals surface area contributed by atoms with Crippen LogP contribution >= 0.6 is 0 Å². The molecule has 8 heteroatoms. The average molecular weight is 464 g/mol. The van der Waals surface area contributed by atoms with E-state index in [1.54, 1.807) is 61.4 Å². The Labute approximate surface area is 198 Å². The number of nitrogens with zero attached hydrogens (tertiary/aromatic N) is 2. The van der Waals surface area contributed by atoms with Crippen molar-refractivity contribution in [3.05, 3.63) is 64.6 Å². The lowest BCUT2D eigenvalue weighted by Gasteiger charge is -2.16. The van der Waals surface area contributed by atoms with Crippen molar-refractivity contribution < 1.29 is 19.1 Å². The normalized spacial score (nSPS) is 13.4. The molecule has 1 saturated heterocycles. The molecule has 0 bridgehead atoms. The third-order valence-corrected chi connectivity index (χ3v) is 6.07. The number of rotatable bonds is 9. The van der Waals surface area contributed by atoms with E-state index in [9.17, 15) is 14.4 Å². The van der Waals surface area contributed by atoms with Crippen LogP contribution in [0.2, 0.25) is 0 Å². The number of ether oxygens (including phenoxy) is 2. The SMILES string of the molecule is COc1cc(CC(=O)Nc2cccc3c(=O)n(CCCN4CCCC4=O)ccc23)cc(OC)c1. The van der Waals surface area contributed by atoms with Crippen molar-refractivity contribution in [3.63, 3.8) is 0 Å². The second-order valence-electron chi connectivity index (χ2n) is 8.36. The van der Waals surface area contributed by atoms with Crippen molar-refractivity contribution in [2.45, 2.75) is 32.2 Å². The van der Waals surface area contributed by atoms with Gasteiger partial charge in [0.2, 0.25) is 11.8 Å². The van der Waals surface area contributed by atoms with Crippen LogP contribution in [0.15, 0.2) is 53.5 Å². The molecule has 2 heterocycles. The van der Waals surface area contributed by atoms with Crippen LogP contribution in [-0.2, 0) is 22.6 Å². The van der Waals surface area contributed by atoms with Gasteiger partial charge in [-0.15, -0.1) is 0 Å². The first-order valence-corrected chi connectivity index (χ1v) is 11.4. The molecule has 34 heavy (non-hydrogen) atoms. The number of hydrogen-bond donors (Lipinski definition) is 1. The molecule has 1 aliphatic rings. The molecule has 1 fully saturated rings. The van der Waals surface area contributed by atoms with Gasteiger partial charge in [-0.3, -0.25) is 14.4 Å². The third kappa shape index (κ3) is 5.22. The Morgan fingerprint density at radius 2 is 1.76 bits per heavy atom. The minimum absolute atomic E-state index is 0.112. The van der Waals surface area contributed by atoms with Crippen LogP contribution in [0.4, 0.5) is 5.69 Å². The zero-order chi connectivity index (χ0) is 24.1. The summed E-state index contributed by atoms with van der Waals surface area (Å²) in [6, 6.07) is 12.5. The molecule has 0 radical (unpaired) electrons. The molecule has 0 spiro atoms. The fraction of sp³-hybridized carbons (Fsp3) is 0.346. The molecule has 8 nitrogen and oxygen atoms in total. The number of aryl methyl sites for hydroxylation is 1. The van der Waals surface area contributed by atoms with Crippen molar-refractivity contribution in [2.75, 3.05) is 32.6 Å². The zero-order valence-electron chi connectivity index (χ0n) is 19.5. The van der Waals surface area contributed by atoms with Crippen molar-refractivity contribution in [3.8, 4) is 11.5 Å².